The zero-order valence-electron chi connectivity index (χ0n) is 19.1. The van der Waals surface area contributed by atoms with E-state index in [0.717, 1.165) is 34.5 Å². The van der Waals surface area contributed by atoms with E-state index >= 15 is 0 Å². The lowest BCUT2D eigenvalue weighted by atomic mass is 10.1. The second-order valence-corrected chi connectivity index (χ2v) is 10.0. The summed E-state index contributed by atoms with van der Waals surface area (Å²) >= 11 is 0. The predicted octanol–water partition coefficient (Wildman–Crippen LogP) is 4.63. The van der Waals surface area contributed by atoms with Gasteiger partial charge in [0, 0.05) is 12.2 Å². The van der Waals surface area contributed by atoms with Gasteiger partial charge in [-0.25, -0.2) is 8.42 Å². The van der Waals surface area contributed by atoms with Gasteiger partial charge in [-0.3, -0.25) is 9.10 Å². The minimum Gasteiger partial charge on any atom is -0.483 e. The summed E-state index contributed by atoms with van der Waals surface area (Å²) in [5, 5.41) is 2.94. The second kappa shape index (κ2) is 9.27. The highest BCUT2D eigenvalue weighted by Crippen LogP contribution is 2.33. The average molecular weight is 465 g/mol. The number of ether oxygens (including phenoxy) is 1. The number of hydrogen-bond acceptors (Lipinski definition) is 4. The van der Waals surface area contributed by atoms with E-state index in [0.29, 0.717) is 24.3 Å². The Morgan fingerprint density at radius 1 is 1.03 bits per heavy atom. The second-order valence-electron chi connectivity index (χ2n) is 8.18. The van der Waals surface area contributed by atoms with E-state index in [1.54, 1.807) is 19.1 Å². The van der Waals surface area contributed by atoms with Crippen LogP contribution in [0, 0.1) is 13.8 Å². The first-order valence-corrected chi connectivity index (χ1v) is 12.5. The molecule has 1 aliphatic heterocycles. The molecular formula is C26H28N2O4S. The van der Waals surface area contributed by atoms with Gasteiger partial charge < -0.3 is 10.1 Å². The first-order valence-electron chi connectivity index (χ1n) is 11.0. The maximum atomic E-state index is 13.2. The van der Waals surface area contributed by atoms with E-state index in [1.807, 2.05) is 56.3 Å². The van der Waals surface area contributed by atoms with Gasteiger partial charge in [-0.1, -0.05) is 43.3 Å². The largest absolute Gasteiger partial charge is 0.483 e. The quantitative estimate of drug-likeness (QED) is 0.553. The molecule has 3 aromatic carbocycles. The van der Waals surface area contributed by atoms with Crippen molar-refractivity contribution < 1.29 is 17.9 Å². The molecule has 0 radical (unpaired) electrons. The van der Waals surface area contributed by atoms with Crippen molar-refractivity contribution in [1.82, 2.24) is 0 Å². The molecule has 6 nitrogen and oxygen atoms in total. The highest BCUT2D eigenvalue weighted by atomic mass is 32.2. The Bertz CT molecular complexity index is 1300. The summed E-state index contributed by atoms with van der Waals surface area (Å²) in [7, 11) is -3.68. The summed E-state index contributed by atoms with van der Waals surface area (Å²) in [5.41, 5.74) is 5.30. The fourth-order valence-corrected chi connectivity index (χ4v) is 5.74. The van der Waals surface area contributed by atoms with Gasteiger partial charge in [-0.05, 0) is 73.2 Å². The van der Waals surface area contributed by atoms with Gasteiger partial charge in [0.1, 0.15) is 5.75 Å². The van der Waals surface area contributed by atoms with Crippen LogP contribution >= 0.6 is 0 Å². The Kier molecular flexibility index (Phi) is 6.42. The molecule has 0 aromatic heterocycles. The molecule has 4 rings (SSSR count). The molecule has 0 spiro atoms. The molecule has 172 valence electrons. The van der Waals surface area contributed by atoms with Crippen molar-refractivity contribution in [2.24, 2.45) is 0 Å². The fraction of sp³-hybridized carbons (Fsp3) is 0.269. The van der Waals surface area contributed by atoms with Crippen molar-refractivity contribution in [1.29, 1.82) is 0 Å². The minimum atomic E-state index is -3.68. The van der Waals surface area contributed by atoms with Crippen LogP contribution in [0.2, 0.25) is 0 Å². The normalized spacial score (nSPS) is 13.0. The molecular weight excluding hydrogens is 436 g/mol. The molecule has 0 atom stereocenters. The third kappa shape index (κ3) is 4.59. The van der Waals surface area contributed by atoms with E-state index in [-0.39, 0.29) is 17.4 Å². The molecule has 7 heteroatoms. The lowest BCUT2D eigenvalue weighted by Gasteiger charge is -2.20. The van der Waals surface area contributed by atoms with Gasteiger partial charge in [0.05, 0.1) is 10.6 Å². The molecule has 1 aliphatic rings. The summed E-state index contributed by atoms with van der Waals surface area (Å²) in [6.45, 7) is 6.04. The van der Waals surface area contributed by atoms with Crippen LogP contribution in [-0.4, -0.2) is 27.5 Å². The van der Waals surface area contributed by atoms with Gasteiger partial charge in [0.15, 0.2) is 6.61 Å². The van der Waals surface area contributed by atoms with Crippen LogP contribution in [0.4, 0.5) is 11.4 Å². The zero-order valence-corrected chi connectivity index (χ0v) is 19.9. The number of carbonyl (C=O) groups is 1. The summed E-state index contributed by atoms with van der Waals surface area (Å²) in [4.78, 5) is 12.7. The van der Waals surface area contributed by atoms with Crippen LogP contribution in [-0.2, 0) is 27.7 Å². The third-order valence-electron chi connectivity index (χ3n) is 5.94. The van der Waals surface area contributed by atoms with E-state index in [4.69, 9.17) is 4.74 Å². The Hall–Kier alpha value is -3.32. The van der Waals surface area contributed by atoms with Crippen LogP contribution in [0.5, 0.6) is 5.75 Å². The highest BCUT2D eigenvalue weighted by molar-refractivity contribution is 7.92. The van der Waals surface area contributed by atoms with Gasteiger partial charge in [-0.2, -0.15) is 0 Å². The number of carbonyl (C=O) groups excluding carboxylic acids is 1. The topological polar surface area (TPSA) is 75.7 Å². The number of nitrogens with zero attached hydrogens (tertiary/aromatic N) is 1. The maximum Gasteiger partial charge on any atom is 0.264 e. The Morgan fingerprint density at radius 3 is 2.58 bits per heavy atom. The highest BCUT2D eigenvalue weighted by Gasteiger charge is 2.30. The summed E-state index contributed by atoms with van der Waals surface area (Å²) < 4.78 is 33.7. The van der Waals surface area contributed by atoms with Crippen LogP contribution in [0.3, 0.4) is 0 Å². The number of benzene rings is 3. The van der Waals surface area contributed by atoms with Crippen molar-refractivity contribution in [2.75, 3.05) is 22.8 Å². The molecule has 33 heavy (non-hydrogen) atoms. The number of anilines is 2. The average Bonchev–Trinajstić information content (AvgIpc) is 3.24. The maximum absolute atomic E-state index is 13.2. The first kappa shape index (κ1) is 22.9. The standard InChI is InChI=1S/C26H28N2O4S/c1-4-20-10-7-8-18(2)26(20)27-25(29)17-32-24-13-12-22(16-19(24)3)33(30,31)28-15-14-21-9-5-6-11-23(21)28/h5-13,16H,4,14-15,17H2,1-3H3,(H,27,29). The number of rotatable bonds is 7. The van der Waals surface area contributed by atoms with Crippen molar-refractivity contribution in [3.05, 3.63) is 82.9 Å². The lowest BCUT2D eigenvalue weighted by Crippen LogP contribution is -2.29. The summed E-state index contributed by atoms with van der Waals surface area (Å²) in [5.74, 6) is 0.218. The first-order chi connectivity index (χ1) is 15.8. The van der Waals surface area contributed by atoms with Gasteiger partial charge in [0.25, 0.3) is 15.9 Å². The number of amides is 1. The number of aryl methyl sites for hydroxylation is 3. The molecule has 0 aliphatic carbocycles. The van der Waals surface area contributed by atoms with Gasteiger partial charge in [0.2, 0.25) is 0 Å². The van der Waals surface area contributed by atoms with Crippen LogP contribution in [0.25, 0.3) is 0 Å². The van der Waals surface area contributed by atoms with E-state index < -0.39 is 10.0 Å². The number of nitrogens with one attached hydrogen (secondary N) is 1. The van der Waals surface area contributed by atoms with E-state index in [9.17, 15) is 13.2 Å². The zero-order chi connectivity index (χ0) is 23.6. The monoisotopic (exact) mass is 464 g/mol. The molecule has 1 heterocycles. The molecule has 0 saturated carbocycles. The molecule has 1 N–H and O–H groups in total. The Morgan fingerprint density at radius 2 is 1.82 bits per heavy atom. The van der Waals surface area contributed by atoms with Crippen molar-refractivity contribution >= 4 is 27.3 Å². The molecule has 0 saturated heterocycles. The van der Waals surface area contributed by atoms with Crippen molar-refractivity contribution in [3.8, 4) is 5.75 Å². The number of hydrogen-bond donors (Lipinski definition) is 1. The smallest absolute Gasteiger partial charge is 0.264 e. The lowest BCUT2D eigenvalue weighted by molar-refractivity contribution is -0.118. The Balaban J connectivity index is 1.46. The van der Waals surface area contributed by atoms with Gasteiger partial charge >= 0.3 is 0 Å². The van der Waals surface area contributed by atoms with Crippen LogP contribution in [0.15, 0.2) is 65.6 Å². The molecule has 0 unspecified atom stereocenters. The van der Waals surface area contributed by atoms with Crippen molar-refractivity contribution in [2.45, 2.75) is 38.5 Å². The number of sulfonamides is 1. The predicted molar refractivity (Wildman–Crippen MR) is 131 cm³/mol. The molecule has 1 amide bonds. The van der Waals surface area contributed by atoms with Gasteiger partial charge in [-0.15, -0.1) is 0 Å². The molecule has 0 fully saturated rings. The SMILES string of the molecule is CCc1cccc(C)c1NC(=O)COc1ccc(S(=O)(=O)N2CCc3ccccc32)cc1C. The Labute approximate surface area is 195 Å². The van der Waals surface area contributed by atoms with E-state index in [2.05, 4.69) is 5.32 Å². The molecule has 3 aromatic rings. The van der Waals surface area contributed by atoms with Crippen molar-refractivity contribution in [3.63, 3.8) is 0 Å². The van der Waals surface area contributed by atoms with E-state index in [1.165, 1.54) is 10.4 Å². The summed E-state index contributed by atoms with van der Waals surface area (Å²) in [6.07, 6.45) is 1.51. The summed E-state index contributed by atoms with van der Waals surface area (Å²) in [6, 6.07) is 18.2. The number of para-hydroxylation sites is 2. The third-order valence-corrected chi connectivity index (χ3v) is 7.75. The number of fused-ring (bicyclic) bond motifs is 1. The molecule has 0 bridgehead atoms. The van der Waals surface area contributed by atoms with Crippen LogP contribution < -0.4 is 14.4 Å². The fourth-order valence-electron chi connectivity index (χ4n) is 4.15. The van der Waals surface area contributed by atoms with Crippen LogP contribution in [0.1, 0.15) is 29.2 Å². The minimum absolute atomic E-state index is 0.163.